The molecule has 2 aromatic heterocycles. The first kappa shape index (κ1) is 17.8. The van der Waals surface area contributed by atoms with Crippen LogP contribution in [0.2, 0.25) is 0 Å². The van der Waals surface area contributed by atoms with Crippen LogP contribution >= 0.6 is 23.1 Å². The van der Waals surface area contributed by atoms with Crippen LogP contribution in [-0.2, 0) is 9.53 Å². The Morgan fingerprint density at radius 2 is 1.89 bits per heavy atom. The molecular weight excluding hydrogens is 380 g/mol. The topological polar surface area (TPSA) is 61.2 Å². The van der Waals surface area contributed by atoms with Crippen molar-refractivity contribution in [3.8, 4) is 5.69 Å². The van der Waals surface area contributed by atoms with Crippen LogP contribution in [0.15, 0.2) is 64.5 Å². The summed E-state index contributed by atoms with van der Waals surface area (Å²) in [6.07, 6.45) is 0. The number of fused-ring (bicyclic) bond motifs is 3. The van der Waals surface area contributed by atoms with E-state index in [0.717, 1.165) is 15.8 Å². The maximum absolute atomic E-state index is 13.3. The molecule has 0 aliphatic heterocycles. The summed E-state index contributed by atoms with van der Waals surface area (Å²) < 4.78 is 8.21. The van der Waals surface area contributed by atoms with Crippen LogP contribution < -0.4 is 5.56 Å². The normalized spacial score (nSPS) is 11.1. The van der Waals surface area contributed by atoms with Crippen molar-refractivity contribution >= 4 is 49.4 Å². The molecule has 0 saturated heterocycles. The molecule has 7 heteroatoms. The van der Waals surface area contributed by atoms with Crippen molar-refractivity contribution in [2.75, 3.05) is 12.4 Å². The van der Waals surface area contributed by atoms with Gasteiger partial charge in [0.2, 0.25) is 0 Å². The third-order valence-electron chi connectivity index (χ3n) is 4.00. The number of thioether (sulfide) groups is 1. The number of carbonyl (C=O) groups is 1. The van der Waals surface area contributed by atoms with E-state index in [1.54, 1.807) is 11.5 Å². The second-order valence-electron chi connectivity index (χ2n) is 5.74. The van der Waals surface area contributed by atoms with E-state index in [-0.39, 0.29) is 17.3 Å². The molecule has 0 atom stereocenters. The van der Waals surface area contributed by atoms with E-state index in [4.69, 9.17) is 9.72 Å². The van der Waals surface area contributed by atoms with E-state index in [0.29, 0.717) is 22.0 Å². The van der Waals surface area contributed by atoms with E-state index >= 15 is 0 Å². The molecule has 0 bridgehead atoms. The van der Waals surface area contributed by atoms with Gasteiger partial charge in [-0.25, -0.2) is 4.98 Å². The van der Waals surface area contributed by atoms with Gasteiger partial charge in [0.05, 0.1) is 23.6 Å². The minimum atomic E-state index is -0.327. The number of benzene rings is 2. The molecule has 0 amide bonds. The minimum absolute atomic E-state index is 0.0979. The van der Waals surface area contributed by atoms with E-state index in [1.165, 1.54) is 23.1 Å². The summed E-state index contributed by atoms with van der Waals surface area (Å²) in [5, 5.41) is 1.43. The summed E-state index contributed by atoms with van der Waals surface area (Å²) in [7, 11) is 0. The predicted molar refractivity (Wildman–Crippen MR) is 110 cm³/mol. The number of esters is 1. The third-order valence-corrected chi connectivity index (χ3v) is 6.06. The smallest absolute Gasteiger partial charge is 0.316 e. The number of hydrogen-bond donors (Lipinski definition) is 0. The maximum Gasteiger partial charge on any atom is 0.316 e. The zero-order valence-corrected chi connectivity index (χ0v) is 16.2. The molecule has 27 heavy (non-hydrogen) atoms. The Bertz CT molecular complexity index is 1180. The minimum Gasteiger partial charge on any atom is -0.465 e. The van der Waals surface area contributed by atoms with Crippen molar-refractivity contribution in [2.45, 2.75) is 12.1 Å². The lowest BCUT2D eigenvalue weighted by molar-refractivity contribution is -0.139. The van der Waals surface area contributed by atoms with E-state index in [1.807, 2.05) is 54.6 Å². The van der Waals surface area contributed by atoms with Crippen LogP contribution in [-0.4, -0.2) is 27.9 Å². The molecule has 0 spiro atoms. The van der Waals surface area contributed by atoms with Crippen molar-refractivity contribution in [3.05, 3.63) is 65.0 Å². The highest BCUT2D eigenvalue weighted by atomic mass is 32.2. The number of nitrogens with zero attached hydrogens (tertiary/aromatic N) is 2. The van der Waals surface area contributed by atoms with Crippen molar-refractivity contribution in [2.24, 2.45) is 0 Å². The Morgan fingerprint density at radius 1 is 1.15 bits per heavy atom. The molecule has 0 saturated carbocycles. The zero-order valence-electron chi connectivity index (χ0n) is 14.5. The summed E-state index contributed by atoms with van der Waals surface area (Å²) in [5.74, 6) is -0.229. The Hall–Kier alpha value is -2.64. The molecule has 4 rings (SSSR count). The molecule has 0 N–H and O–H groups in total. The van der Waals surface area contributed by atoms with Crippen molar-refractivity contribution < 1.29 is 9.53 Å². The molecule has 0 radical (unpaired) electrons. The van der Waals surface area contributed by atoms with Crippen LogP contribution in [0.3, 0.4) is 0 Å². The first-order valence-corrected chi connectivity index (χ1v) is 10.3. The average molecular weight is 396 g/mol. The lowest BCUT2D eigenvalue weighted by atomic mass is 10.2. The first-order chi connectivity index (χ1) is 13.2. The molecule has 0 aliphatic carbocycles. The fourth-order valence-corrected chi connectivity index (χ4v) is 4.73. The molecule has 0 unspecified atom stereocenters. The van der Waals surface area contributed by atoms with Gasteiger partial charge in [-0.1, -0.05) is 48.2 Å². The molecular formula is C20H16N2O3S2. The number of para-hydroxylation sites is 1. The number of thiophene rings is 1. The monoisotopic (exact) mass is 396 g/mol. The van der Waals surface area contributed by atoms with Gasteiger partial charge in [-0.3, -0.25) is 14.2 Å². The average Bonchev–Trinajstić information content (AvgIpc) is 3.06. The summed E-state index contributed by atoms with van der Waals surface area (Å²) in [4.78, 5) is 29.9. The number of rotatable bonds is 5. The number of aromatic nitrogens is 2. The Kier molecular flexibility index (Phi) is 4.96. The number of carbonyl (C=O) groups excluding carboxylic acids is 1. The second-order valence-corrected chi connectivity index (χ2v) is 7.73. The van der Waals surface area contributed by atoms with Gasteiger partial charge < -0.3 is 4.74 Å². The molecule has 5 nitrogen and oxygen atoms in total. The van der Waals surface area contributed by atoms with E-state index in [9.17, 15) is 9.59 Å². The highest BCUT2D eigenvalue weighted by Gasteiger charge is 2.18. The fraction of sp³-hybridized carbons (Fsp3) is 0.150. The SMILES string of the molecule is CCOC(=O)CSc1nc2c(sc3ccccc32)c(=O)n1-c1ccccc1. The molecule has 0 fully saturated rings. The van der Waals surface area contributed by atoms with Gasteiger partial charge in [0.15, 0.2) is 5.16 Å². The van der Waals surface area contributed by atoms with Crippen LogP contribution in [0.5, 0.6) is 0 Å². The maximum atomic E-state index is 13.3. The molecule has 2 aromatic carbocycles. The van der Waals surface area contributed by atoms with Crippen LogP contribution in [0.1, 0.15) is 6.92 Å². The molecule has 2 heterocycles. The van der Waals surface area contributed by atoms with Gasteiger partial charge in [-0.15, -0.1) is 11.3 Å². The summed E-state index contributed by atoms with van der Waals surface area (Å²) in [6, 6.07) is 17.2. The van der Waals surface area contributed by atoms with Gasteiger partial charge in [0.1, 0.15) is 4.70 Å². The number of hydrogen-bond acceptors (Lipinski definition) is 6. The van der Waals surface area contributed by atoms with Crippen molar-refractivity contribution in [1.29, 1.82) is 0 Å². The molecule has 4 aromatic rings. The quantitative estimate of drug-likeness (QED) is 0.287. The van der Waals surface area contributed by atoms with Crippen molar-refractivity contribution in [1.82, 2.24) is 9.55 Å². The Balaban J connectivity index is 1.93. The summed E-state index contributed by atoms with van der Waals surface area (Å²) in [6.45, 7) is 2.09. The first-order valence-electron chi connectivity index (χ1n) is 8.47. The van der Waals surface area contributed by atoms with Crippen LogP contribution in [0.25, 0.3) is 26.0 Å². The summed E-state index contributed by atoms with van der Waals surface area (Å²) in [5.41, 5.74) is 1.28. The van der Waals surface area contributed by atoms with Gasteiger partial charge in [-0.2, -0.15) is 0 Å². The third kappa shape index (κ3) is 3.36. The van der Waals surface area contributed by atoms with E-state index < -0.39 is 0 Å². The highest BCUT2D eigenvalue weighted by molar-refractivity contribution is 7.99. The van der Waals surface area contributed by atoms with Crippen LogP contribution in [0, 0.1) is 0 Å². The Morgan fingerprint density at radius 3 is 2.67 bits per heavy atom. The zero-order chi connectivity index (χ0) is 18.8. The van der Waals surface area contributed by atoms with Crippen molar-refractivity contribution in [3.63, 3.8) is 0 Å². The lowest BCUT2D eigenvalue weighted by Crippen LogP contribution is -2.21. The summed E-state index contributed by atoms with van der Waals surface area (Å²) >= 11 is 2.65. The largest absolute Gasteiger partial charge is 0.465 e. The van der Waals surface area contributed by atoms with Gasteiger partial charge >= 0.3 is 5.97 Å². The standard InChI is InChI=1S/C20H16N2O3S2/c1-2-25-16(23)12-26-20-21-17-14-10-6-7-11-15(14)27-18(17)19(24)22(20)13-8-4-3-5-9-13/h3-11H,2,12H2,1H3. The second kappa shape index (κ2) is 7.54. The van der Waals surface area contributed by atoms with Crippen LogP contribution in [0.4, 0.5) is 0 Å². The van der Waals surface area contributed by atoms with Gasteiger partial charge in [-0.05, 0) is 25.1 Å². The van der Waals surface area contributed by atoms with Gasteiger partial charge in [0, 0.05) is 10.1 Å². The number of ether oxygens (including phenoxy) is 1. The molecule has 136 valence electrons. The highest BCUT2D eigenvalue weighted by Crippen LogP contribution is 2.32. The fourth-order valence-electron chi connectivity index (χ4n) is 2.85. The molecule has 0 aliphatic rings. The lowest BCUT2D eigenvalue weighted by Gasteiger charge is -2.11. The predicted octanol–water partition coefficient (Wildman–Crippen LogP) is 4.26. The van der Waals surface area contributed by atoms with E-state index in [2.05, 4.69) is 0 Å². The van der Waals surface area contributed by atoms with Gasteiger partial charge in [0.25, 0.3) is 5.56 Å². The Labute approximate surface area is 163 Å².